The molecule has 0 bridgehead atoms. The Kier molecular flexibility index (Phi) is 8.03. The van der Waals surface area contributed by atoms with E-state index in [1.807, 2.05) is 18.2 Å². The number of nitrogens with zero attached hydrogens (tertiary/aromatic N) is 3. The van der Waals surface area contributed by atoms with Crippen molar-refractivity contribution in [2.45, 2.75) is 18.9 Å². The van der Waals surface area contributed by atoms with Crippen LogP contribution in [0.25, 0.3) is 0 Å². The fraction of sp³-hybridized carbons (Fsp3) is 0.360. The Hall–Kier alpha value is -2.87. The summed E-state index contributed by atoms with van der Waals surface area (Å²) in [5.41, 5.74) is 2.00. The van der Waals surface area contributed by atoms with Gasteiger partial charge in [0.2, 0.25) is 5.95 Å². The lowest BCUT2D eigenvalue weighted by molar-refractivity contribution is 0.0818. The normalized spacial score (nSPS) is 14.6. The molecule has 0 saturated carbocycles. The fourth-order valence-corrected chi connectivity index (χ4v) is 5.53. The van der Waals surface area contributed by atoms with Crippen molar-refractivity contribution in [3.8, 4) is 5.75 Å². The van der Waals surface area contributed by atoms with Gasteiger partial charge in [0.25, 0.3) is 0 Å². The third-order valence-corrected chi connectivity index (χ3v) is 7.92. The molecule has 0 unspecified atom stereocenters. The molecule has 0 amide bonds. The molecule has 1 aromatic heterocycles. The molecule has 11 heteroatoms. The third-order valence-electron chi connectivity index (χ3n) is 6.10. The third kappa shape index (κ3) is 5.91. The van der Waals surface area contributed by atoms with Crippen molar-refractivity contribution in [3.63, 3.8) is 0 Å². The van der Waals surface area contributed by atoms with Crippen LogP contribution in [-0.4, -0.2) is 56.7 Å². The summed E-state index contributed by atoms with van der Waals surface area (Å²) in [5.74, 6) is 0.733. The van der Waals surface area contributed by atoms with Crippen LogP contribution in [0.15, 0.2) is 42.6 Å². The lowest BCUT2D eigenvalue weighted by Crippen LogP contribution is -2.36. The molecule has 0 spiro atoms. The molecule has 1 aliphatic heterocycles. The summed E-state index contributed by atoms with van der Waals surface area (Å²) in [7, 11) is 0.684. The molecule has 36 heavy (non-hydrogen) atoms. The number of benzene rings is 2. The molecular weight excluding hydrogens is 504 g/mol. The smallest absolute Gasteiger partial charge is 0.229 e. The summed E-state index contributed by atoms with van der Waals surface area (Å²) in [6.45, 7) is 4.96. The number of para-hydroxylation sites is 1. The van der Waals surface area contributed by atoms with Gasteiger partial charge in [-0.3, -0.25) is 0 Å². The zero-order valence-corrected chi connectivity index (χ0v) is 22.4. The Balaban J connectivity index is 1.61. The molecule has 3 aromatic rings. The van der Waals surface area contributed by atoms with Crippen molar-refractivity contribution < 1.29 is 18.4 Å². The molecule has 0 atom stereocenters. The average Bonchev–Trinajstić information content (AvgIpc) is 2.85. The Morgan fingerprint density at radius 1 is 1.11 bits per heavy atom. The first-order chi connectivity index (χ1) is 17.2. The lowest BCUT2D eigenvalue weighted by Gasteiger charge is -2.34. The van der Waals surface area contributed by atoms with E-state index in [9.17, 15) is 8.96 Å². The van der Waals surface area contributed by atoms with E-state index in [0.717, 1.165) is 31.6 Å². The van der Waals surface area contributed by atoms with Gasteiger partial charge < -0.3 is 29.6 Å². The standard InChI is InChI=1S/C25H30ClFN5O3P/c1-34-17-10-12-32(13-11-17)21-7-5-6-19(23(21)35-2)30-25-28-15-18(26)24(31-25)29-20-14-16(27)8-9-22(20)36(3,4)33/h5-9,14-15,17H,10-13H2,1-4H3,(H2,28,29,30,31). The summed E-state index contributed by atoms with van der Waals surface area (Å²) in [5, 5.41) is 6.97. The first kappa shape index (κ1) is 26.2. The second-order valence-corrected chi connectivity index (χ2v) is 12.5. The van der Waals surface area contributed by atoms with Crippen molar-refractivity contribution in [2.75, 3.05) is 56.2 Å². The van der Waals surface area contributed by atoms with E-state index in [1.165, 1.54) is 24.4 Å². The van der Waals surface area contributed by atoms with Crippen LogP contribution in [0.3, 0.4) is 0 Å². The SMILES string of the molecule is COc1c(Nc2ncc(Cl)c(Nc3cc(F)ccc3P(C)(C)=O)n2)cccc1N1CCC(OC)CC1. The van der Waals surface area contributed by atoms with Crippen LogP contribution in [0.2, 0.25) is 5.02 Å². The van der Waals surface area contributed by atoms with E-state index >= 15 is 0 Å². The average molecular weight is 534 g/mol. The van der Waals surface area contributed by atoms with Gasteiger partial charge in [0.1, 0.15) is 18.0 Å². The molecule has 1 aliphatic rings. The number of anilines is 5. The minimum absolute atomic E-state index is 0.236. The molecule has 0 radical (unpaired) electrons. The van der Waals surface area contributed by atoms with Crippen LogP contribution in [0.1, 0.15) is 12.8 Å². The number of nitrogens with one attached hydrogen (secondary N) is 2. The Labute approximate surface area is 215 Å². The number of halogens is 2. The minimum atomic E-state index is -2.69. The van der Waals surface area contributed by atoms with Crippen LogP contribution in [-0.2, 0) is 9.30 Å². The Morgan fingerprint density at radius 3 is 2.53 bits per heavy atom. The van der Waals surface area contributed by atoms with E-state index in [0.29, 0.717) is 22.4 Å². The molecule has 1 fully saturated rings. The maximum Gasteiger partial charge on any atom is 0.229 e. The molecule has 0 aliphatic carbocycles. The molecule has 192 valence electrons. The first-order valence-electron chi connectivity index (χ1n) is 11.6. The maximum absolute atomic E-state index is 14.0. The van der Waals surface area contributed by atoms with Gasteiger partial charge in [0.15, 0.2) is 11.6 Å². The van der Waals surface area contributed by atoms with Gasteiger partial charge in [-0.15, -0.1) is 0 Å². The van der Waals surface area contributed by atoms with Gasteiger partial charge in [-0.2, -0.15) is 4.98 Å². The zero-order valence-electron chi connectivity index (χ0n) is 20.7. The van der Waals surface area contributed by atoms with Crippen molar-refractivity contribution in [1.82, 2.24) is 9.97 Å². The van der Waals surface area contributed by atoms with Gasteiger partial charge in [-0.1, -0.05) is 17.7 Å². The van der Waals surface area contributed by atoms with Gasteiger partial charge in [0, 0.05) is 25.5 Å². The highest BCUT2D eigenvalue weighted by Crippen LogP contribution is 2.40. The number of hydrogen-bond acceptors (Lipinski definition) is 8. The van der Waals surface area contributed by atoms with Gasteiger partial charge in [-0.05, 0) is 56.5 Å². The predicted molar refractivity (Wildman–Crippen MR) is 144 cm³/mol. The summed E-state index contributed by atoms with van der Waals surface area (Å²) in [6, 6.07) is 9.91. The molecule has 8 nitrogen and oxygen atoms in total. The van der Waals surface area contributed by atoms with Crippen LogP contribution >= 0.6 is 18.7 Å². The second-order valence-electron chi connectivity index (χ2n) is 8.93. The van der Waals surface area contributed by atoms with Crippen LogP contribution < -0.4 is 25.6 Å². The van der Waals surface area contributed by atoms with Crippen LogP contribution in [0, 0.1) is 5.82 Å². The molecule has 2 aromatic carbocycles. The Bertz CT molecular complexity index is 1280. The highest BCUT2D eigenvalue weighted by Gasteiger charge is 2.23. The highest BCUT2D eigenvalue weighted by atomic mass is 35.5. The van der Waals surface area contributed by atoms with Gasteiger partial charge >= 0.3 is 0 Å². The first-order valence-corrected chi connectivity index (χ1v) is 14.5. The van der Waals surface area contributed by atoms with Crippen molar-refractivity contribution in [1.29, 1.82) is 0 Å². The number of piperidine rings is 1. The topological polar surface area (TPSA) is 88.6 Å². The van der Waals surface area contributed by atoms with Crippen molar-refractivity contribution in [2.24, 2.45) is 0 Å². The number of methoxy groups -OCH3 is 2. The maximum atomic E-state index is 14.0. The van der Waals surface area contributed by atoms with Gasteiger partial charge in [0.05, 0.1) is 36.5 Å². The fourth-order valence-electron chi connectivity index (χ4n) is 4.26. The minimum Gasteiger partial charge on any atom is -0.492 e. The van der Waals surface area contributed by atoms with Crippen molar-refractivity contribution >= 4 is 52.9 Å². The Morgan fingerprint density at radius 2 is 1.86 bits per heavy atom. The predicted octanol–water partition coefficient (Wildman–Crippen LogP) is 5.63. The highest BCUT2D eigenvalue weighted by molar-refractivity contribution is 7.70. The van der Waals surface area contributed by atoms with E-state index in [4.69, 9.17) is 21.1 Å². The van der Waals surface area contributed by atoms with Crippen LogP contribution in [0.5, 0.6) is 5.75 Å². The van der Waals surface area contributed by atoms with Gasteiger partial charge in [-0.25, -0.2) is 9.37 Å². The monoisotopic (exact) mass is 533 g/mol. The molecule has 2 heterocycles. The van der Waals surface area contributed by atoms with E-state index in [-0.39, 0.29) is 22.9 Å². The quantitative estimate of drug-likeness (QED) is 0.360. The van der Waals surface area contributed by atoms with E-state index in [1.54, 1.807) is 27.5 Å². The zero-order chi connectivity index (χ0) is 25.9. The number of ether oxygens (including phenoxy) is 2. The van der Waals surface area contributed by atoms with E-state index in [2.05, 4.69) is 25.5 Å². The van der Waals surface area contributed by atoms with Crippen molar-refractivity contribution in [3.05, 3.63) is 53.4 Å². The summed E-state index contributed by atoms with van der Waals surface area (Å²) in [6.07, 6.45) is 3.60. The largest absolute Gasteiger partial charge is 0.492 e. The summed E-state index contributed by atoms with van der Waals surface area (Å²) < 4.78 is 38.0. The lowest BCUT2D eigenvalue weighted by atomic mass is 10.1. The van der Waals surface area contributed by atoms with Crippen LogP contribution in [0.4, 0.5) is 33.2 Å². The number of rotatable bonds is 8. The second kappa shape index (κ2) is 11.0. The molecular formula is C25H30ClFN5O3P. The number of hydrogen-bond donors (Lipinski definition) is 2. The van der Waals surface area contributed by atoms with E-state index < -0.39 is 13.0 Å². The number of aromatic nitrogens is 2. The summed E-state index contributed by atoms with van der Waals surface area (Å²) in [4.78, 5) is 11.1. The molecule has 2 N–H and O–H groups in total. The molecule has 4 rings (SSSR count). The molecule has 1 saturated heterocycles. The summed E-state index contributed by atoms with van der Waals surface area (Å²) >= 11 is 6.34.